The molecule has 0 aromatic rings. The van der Waals surface area contributed by atoms with Crippen LogP contribution in [0.1, 0.15) is 0 Å². The minimum atomic E-state index is -4.94. The van der Waals surface area contributed by atoms with Gasteiger partial charge in [-0.05, 0) is 0 Å². The molecule has 2 amide bonds. The van der Waals surface area contributed by atoms with Crippen molar-refractivity contribution >= 4 is 16.4 Å². The van der Waals surface area contributed by atoms with Crippen molar-refractivity contribution in [1.82, 2.24) is 4.31 Å². The van der Waals surface area contributed by atoms with Crippen molar-refractivity contribution in [1.29, 1.82) is 0 Å². The highest BCUT2D eigenvalue weighted by Gasteiger charge is 2.18. The summed E-state index contributed by atoms with van der Waals surface area (Å²) in [6.45, 7) is 0. The molecule has 0 aromatic carbocycles. The van der Waals surface area contributed by atoms with Gasteiger partial charge in [0.25, 0.3) is 0 Å². The number of amides is 2. The van der Waals surface area contributed by atoms with Gasteiger partial charge in [-0.2, -0.15) is 12.7 Å². The summed E-state index contributed by atoms with van der Waals surface area (Å²) in [7, 11) is -4.22. The molecule has 0 saturated heterocycles. The van der Waals surface area contributed by atoms with Crippen LogP contribution >= 0.6 is 0 Å². The lowest BCUT2D eigenvalue weighted by Crippen LogP contribution is -2.34. The Kier molecular flexibility index (Phi) is 1.97. The molecular formula is C2H5FN2O3S. The molecule has 5 nitrogen and oxygen atoms in total. The van der Waals surface area contributed by atoms with Crippen molar-refractivity contribution in [2.75, 3.05) is 7.05 Å². The fourth-order valence-electron chi connectivity index (χ4n) is 0.107. The van der Waals surface area contributed by atoms with Crippen molar-refractivity contribution in [2.45, 2.75) is 0 Å². The lowest BCUT2D eigenvalue weighted by molar-refractivity contribution is 0.236. The van der Waals surface area contributed by atoms with E-state index < -0.39 is 16.4 Å². The van der Waals surface area contributed by atoms with E-state index in [9.17, 15) is 17.1 Å². The van der Waals surface area contributed by atoms with E-state index in [2.05, 4.69) is 5.73 Å². The Morgan fingerprint density at radius 3 is 2.00 bits per heavy atom. The molecule has 0 aromatic heterocycles. The summed E-state index contributed by atoms with van der Waals surface area (Å²) in [5, 5.41) is 0. The Labute approximate surface area is 51.6 Å². The van der Waals surface area contributed by atoms with Crippen LogP contribution < -0.4 is 5.73 Å². The SMILES string of the molecule is CN(C(N)=O)S(=O)(=O)F. The molecule has 0 heterocycles. The van der Waals surface area contributed by atoms with Crippen molar-refractivity contribution in [2.24, 2.45) is 5.73 Å². The molecule has 0 saturated carbocycles. The number of primary amides is 1. The second-order valence-corrected chi connectivity index (χ2v) is 2.62. The molecule has 0 unspecified atom stereocenters. The first-order valence-corrected chi connectivity index (χ1v) is 3.17. The third-order valence-electron chi connectivity index (χ3n) is 0.637. The Morgan fingerprint density at radius 1 is 1.67 bits per heavy atom. The normalized spacial score (nSPS) is 10.9. The van der Waals surface area contributed by atoms with Gasteiger partial charge in [-0.3, -0.25) is 0 Å². The fourth-order valence-corrected chi connectivity index (χ4v) is 0.322. The van der Waals surface area contributed by atoms with Gasteiger partial charge in [0.05, 0.1) is 0 Å². The van der Waals surface area contributed by atoms with Crippen molar-refractivity contribution in [3.63, 3.8) is 0 Å². The molecule has 2 N–H and O–H groups in total. The number of nitrogens with zero attached hydrogens (tertiary/aromatic N) is 1. The van der Waals surface area contributed by atoms with Crippen LogP contribution in [0.4, 0.5) is 8.68 Å². The molecule has 0 fully saturated rings. The molecule has 0 radical (unpaired) electrons. The van der Waals surface area contributed by atoms with Gasteiger partial charge in [-0.25, -0.2) is 4.79 Å². The van der Waals surface area contributed by atoms with Crippen LogP contribution in [-0.2, 0) is 10.4 Å². The van der Waals surface area contributed by atoms with E-state index in [1.165, 1.54) is 0 Å². The Balaban J connectivity index is 4.43. The van der Waals surface area contributed by atoms with E-state index in [1.54, 1.807) is 0 Å². The van der Waals surface area contributed by atoms with Crippen LogP contribution in [0.2, 0.25) is 0 Å². The highest BCUT2D eigenvalue weighted by atomic mass is 32.3. The zero-order valence-corrected chi connectivity index (χ0v) is 5.35. The van der Waals surface area contributed by atoms with Gasteiger partial charge in [-0.1, -0.05) is 3.89 Å². The van der Waals surface area contributed by atoms with E-state index in [-0.39, 0.29) is 4.31 Å². The smallest absolute Gasteiger partial charge is 0.351 e. The molecule has 0 aliphatic heterocycles. The largest absolute Gasteiger partial charge is 0.402 e. The Hall–Kier alpha value is -0.850. The first kappa shape index (κ1) is 8.15. The number of hydrogen-bond acceptors (Lipinski definition) is 3. The highest BCUT2D eigenvalue weighted by molar-refractivity contribution is 7.84. The summed E-state index contributed by atoms with van der Waals surface area (Å²) in [6, 6.07) is -1.35. The van der Waals surface area contributed by atoms with Crippen LogP contribution in [0.25, 0.3) is 0 Å². The zero-order chi connectivity index (χ0) is 7.65. The third-order valence-corrected chi connectivity index (χ3v) is 1.47. The van der Waals surface area contributed by atoms with E-state index in [0.717, 1.165) is 7.05 Å². The average molecular weight is 156 g/mol. The topological polar surface area (TPSA) is 80.5 Å². The standard InChI is InChI=1S/C2H5FN2O3S/c1-5(2(4)6)9(3,7)8/h1H3,(H2,4,6). The quantitative estimate of drug-likeness (QED) is 0.505. The van der Waals surface area contributed by atoms with Crippen molar-refractivity contribution in [3.8, 4) is 0 Å². The number of rotatable bonds is 1. The van der Waals surface area contributed by atoms with E-state index in [0.29, 0.717) is 0 Å². The minimum Gasteiger partial charge on any atom is -0.351 e. The van der Waals surface area contributed by atoms with E-state index in [4.69, 9.17) is 0 Å². The average Bonchev–Trinajstić information content (AvgIpc) is 1.62. The van der Waals surface area contributed by atoms with Gasteiger partial charge < -0.3 is 5.73 Å². The molecule has 0 bridgehead atoms. The molecular weight excluding hydrogens is 151 g/mol. The number of carbonyl (C=O) groups excluding carboxylic acids is 1. The summed E-state index contributed by atoms with van der Waals surface area (Å²) in [5.74, 6) is 0. The van der Waals surface area contributed by atoms with Crippen LogP contribution in [0, 0.1) is 0 Å². The minimum absolute atomic E-state index is 0.201. The third kappa shape index (κ3) is 2.27. The first-order valence-electron chi connectivity index (χ1n) is 1.83. The monoisotopic (exact) mass is 156 g/mol. The number of nitrogens with two attached hydrogens (primary N) is 1. The molecule has 7 heteroatoms. The summed E-state index contributed by atoms with van der Waals surface area (Å²) in [5.41, 5.74) is 4.39. The summed E-state index contributed by atoms with van der Waals surface area (Å²) in [6.07, 6.45) is 0. The highest BCUT2D eigenvalue weighted by Crippen LogP contribution is 1.95. The fraction of sp³-hybridized carbons (Fsp3) is 0.500. The molecule has 0 aliphatic rings. The maximum atomic E-state index is 11.6. The van der Waals surface area contributed by atoms with Gasteiger partial charge in [-0.15, -0.1) is 0 Å². The summed E-state index contributed by atoms with van der Waals surface area (Å²) in [4.78, 5) is 9.87. The molecule has 54 valence electrons. The predicted octanol–water partition coefficient (Wildman–Crippen LogP) is -0.789. The second-order valence-electron chi connectivity index (χ2n) is 1.25. The maximum Gasteiger partial charge on any atom is 0.402 e. The van der Waals surface area contributed by atoms with Gasteiger partial charge in [0.1, 0.15) is 0 Å². The van der Waals surface area contributed by atoms with E-state index in [1.807, 2.05) is 0 Å². The summed E-state index contributed by atoms with van der Waals surface area (Å²) >= 11 is 0. The molecule has 9 heavy (non-hydrogen) atoms. The van der Waals surface area contributed by atoms with Crippen molar-refractivity contribution < 1.29 is 17.1 Å². The van der Waals surface area contributed by atoms with Gasteiger partial charge in [0.2, 0.25) is 0 Å². The second kappa shape index (κ2) is 2.18. The van der Waals surface area contributed by atoms with Gasteiger partial charge >= 0.3 is 16.4 Å². The van der Waals surface area contributed by atoms with Gasteiger partial charge in [0.15, 0.2) is 0 Å². The predicted molar refractivity (Wildman–Crippen MR) is 27.4 cm³/mol. The lowest BCUT2D eigenvalue weighted by atomic mass is 11.0. The molecule has 0 atom stereocenters. The van der Waals surface area contributed by atoms with Gasteiger partial charge in [0, 0.05) is 7.05 Å². The Morgan fingerprint density at radius 2 is 2.00 bits per heavy atom. The molecule has 0 rings (SSSR count). The van der Waals surface area contributed by atoms with Crippen LogP contribution in [0.5, 0.6) is 0 Å². The lowest BCUT2D eigenvalue weighted by Gasteiger charge is -2.05. The van der Waals surface area contributed by atoms with Crippen molar-refractivity contribution in [3.05, 3.63) is 0 Å². The number of halogens is 1. The first-order chi connectivity index (χ1) is 3.85. The molecule has 0 aliphatic carbocycles. The van der Waals surface area contributed by atoms with Crippen LogP contribution in [0.15, 0.2) is 0 Å². The van der Waals surface area contributed by atoms with E-state index >= 15 is 0 Å². The zero-order valence-electron chi connectivity index (χ0n) is 4.54. The number of carbonyl (C=O) groups is 1. The number of urea groups is 1. The van der Waals surface area contributed by atoms with Crippen LogP contribution in [-0.4, -0.2) is 25.8 Å². The maximum absolute atomic E-state index is 11.6. The summed E-state index contributed by atoms with van der Waals surface area (Å²) < 4.78 is 30.9. The van der Waals surface area contributed by atoms with Crippen LogP contribution in [0.3, 0.4) is 0 Å². The molecule has 0 spiro atoms. The Bertz CT molecular complexity index is 210. The number of hydrogen-bond donors (Lipinski definition) is 1.